The number of aryl methyl sites for hydroxylation is 8. The second-order valence-electron chi connectivity index (χ2n) is 28.5. The lowest BCUT2D eigenvalue weighted by Crippen LogP contribution is -2.27. The molecule has 3 aliphatic carbocycles. The van der Waals surface area contributed by atoms with Gasteiger partial charge in [0.05, 0.1) is 44.6 Å². The van der Waals surface area contributed by atoms with Gasteiger partial charge in [0.15, 0.2) is 17.3 Å². The molecule has 0 saturated carbocycles. The third-order valence-corrected chi connectivity index (χ3v) is 19.8. The molecular formula is C85H88Br2ClFN8O12. The number of pyridine rings is 3. The molecule has 0 aliphatic heterocycles. The summed E-state index contributed by atoms with van der Waals surface area (Å²) < 4.78 is 34.0. The summed E-state index contributed by atoms with van der Waals surface area (Å²) in [6.07, 6.45) is 11.9. The molecule has 3 amide bonds. The Morgan fingerprint density at radius 2 is 0.954 bits per heavy atom. The van der Waals surface area contributed by atoms with Crippen molar-refractivity contribution >= 4 is 113 Å². The fourth-order valence-electron chi connectivity index (χ4n) is 13.5. The first kappa shape index (κ1) is 82.8. The molecule has 3 unspecified atom stereocenters. The zero-order chi connectivity index (χ0) is 79.1. The van der Waals surface area contributed by atoms with Crippen LogP contribution in [0.5, 0.6) is 0 Å². The molecule has 4 aromatic heterocycles. The van der Waals surface area contributed by atoms with Gasteiger partial charge >= 0.3 is 17.9 Å². The second-order valence-corrected chi connectivity index (χ2v) is 30.7. The fourth-order valence-corrected chi connectivity index (χ4v) is 14.1. The Bertz CT molecular complexity index is 4840. The molecule has 0 radical (unpaired) electrons. The summed E-state index contributed by atoms with van der Waals surface area (Å²) >= 11 is 12.6. The number of nitrogens with zero attached hydrogens (tertiary/aromatic N) is 5. The maximum Gasteiger partial charge on any atom is 0.343 e. The van der Waals surface area contributed by atoms with E-state index in [2.05, 4.69) is 67.9 Å². The van der Waals surface area contributed by atoms with Crippen LogP contribution in [-0.2, 0) is 38.2 Å². The number of aromatic nitrogens is 5. The first-order chi connectivity index (χ1) is 51.8. The lowest BCUT2D eigenvalue weighted by atomic mass is 9.90. The summed E-state index contributed by atoms with van der Waals surface area (Å²) in [7, 11) is 0. The second kappa shape index (κ2) is 37.3. The van der Waals surface area contributed by atoms with Gasteiger partial charge in [-0.3, -0.25) is 43.3 Å². The largest absolute Gasteiger partial charge is 0.430 e. The minimum absolute atomic E-state index is 0.0376. The van der Waals surface area contributed by atoms with Gasteiger partial charge in [0.1, 0.15) is 40.2 Å². The number of carbonyl (C=O) groups is 9. The van der Waals surface area contributed by atoms with Crippen LogP contribution in [0.25, 0.3) is 22.4 Å². The lowest BCUT2D eigenvalue weighted by molar-refractivity contribution is -0.148. The van der Waals surface area contributed by atoms with Gasteiger partial charge in [-0.1, -0.05) is 66.4 Å². The number of ether oxygens (including phenoxy) is 3. The van der Waals surface area contributed by atoms with E-state index in [-0.39, 0.29) is 88.8 Å². The smallest absolute Gasteiger partial charge is 0.343 e. The number of rotatable bonds is 23. The normalized spacial score (nSPS) is 15.4. The maximum atomic E-state index is 13.8. The zero-order valence-electron chi connectivity index (χ0n) is 63.1. The average Bonchev–Trinajstić information content (AvgIpc) is 1.63. The van der Waals surface area contributed by atoms with Crippen molar-refractivity contribution in [2.75, 3.05) is 19.6 Å². The van der Waals surface area contributed by atoms with E-state index in [9.17, 15) is 47.5 Å². The highest BCUT2D eigenvalue weighted by Gasteiger charge is 2.41. The predicted molar refractivity (Wildman–Crippen MR) is 421 cm³/mol. The SMILES string of the molecule is CCCCC(=O)OC1=C(c2c(C)cc(C)cc2C)C(=O)C(CCNC(=O)c2ccc(Br)cn2)C1.Cc1cc(-n2cc(Cl)cn2)cc(C)c1C1=C(OC(=O)c2ccc(F)cc2)CC(CCNC(=O)c2ccccn2)C1=O.Cc1cc(C)c(C2=C(OC(=O)C(C)(C)C)CC(CCNC(=O)c3ccc(Br)cn3)C2=O)c(C)c1. The third kappa shape index (κ3) is 21.4. The number of carbonyl (C=O) groups excluding carboxylic acids is 9. The van der Waals surface area contributed by atoms with Gasteiger partial charge in [-0.2, -0.15) is 5.10 Å². The van der Waals surface area contributed by atoms with Gasteiger partial charge in [0, 0.05) is 96.8 Å². The monoisotopic (exact) mass is 1620 g/mol. The van der Waals surface area contributed by atoms with Crippen LogP contribution in [0.4, 0.5) is 4.39 Å². The maximum absolute atomic E-state index is 13.8. The van der Waals surface area contributed by atoms with Crippen molar-refractivity contribution in [1.82, 2.24) is 40.7 Å². The molecule has 109 heavy (non-hydrogen) atoms. The summed E-state index contributed by atoms with van der Waals surface area (Å²) in [5.74, 6) is -3.18. The van der Waals surface area contributed by atoms with Gasteiger partial charge in [0.25, 0.3) is 17.7 Å². The molecule has 0 spiro atoms. The Kier molecular flexibility index (Phi) is 28.3. The Hall–Kier alpha value is -10.2. The third-order valence-electron chi connectivity index (χ3n) is 18.7. The van der Waals surface area contributed by atoms with Crippen LogP contribution in [0.2, 0.25) is 5.02 Å². The zero-order valence-corrected chi connectivity index (χ0v) is 67.0. The Morgan fingerprint density at radius 1 is 0.541 bits per heavy atom. The first-order valence-corrected chi connectivity index (χ1v) is 38.0. The molecule has 20 nitrogen and oxygen atoms in total. The van der Waals surface area contributed by atoms with Crippen LogP contribution >= 0.6 is 43.5 Å². The summed E-state index contributed by atoms with van der Waals surface area (Å²) in [5.41, 5.74) is 12.5. The van der Waals surface area contributed by atoms with Gasteiger partial charge in [-0.05, 0) is 257 Å². The molecular weight excluding hydrogens is 1540 g/mol. The average molecular weight is 1630 g/mol. The molecule has 8 aromatic rings. The van der Waals surface area contributed by atoms with Gasteiger partial charge < -0.3 is 30.2 Å². The van der Waals surface area contributed by atoms with Crippen LogP contribution < -0.4 is 16.0 Å². The number of ketones is 3. The van der Waals surface area contributed by atoms with E-state index in [1.54, 1.807) is 86.5 Å². The highest BCUT2D eigenvalue weighted by Crippen LogP contribution is 2.44. The molecule has 4 aromatic carbocycles. The molecule has 4 heterocycles. The molecule has 3 atom stereocenters. The molecule has 3 aliphatic rings. The Balaban J connectivity index is 0.000000190. The lowest BCUT2D eigenvalue weighted by Gasteiger charge is -2.18. The topological polar surface area (TPSA) is 274 Å². The van der Waals surface area contributed by atoms with Gasteiger partial charge in [-0.15, -0.1) is 0 Å². The van der Waals surface area contributed by atoms with Crippen molar-refractivity contribution in [2.45, 2.75) is 141 Å². The number of unbranched alkanes of at least 4 members (excludes halogenated alkanes) is 1. The Labute approximate surface area is 655 Å². The number of benzene rings is 4. The van der Waals surface area contributed by atoms with Crippen LogP contribution in [-0.4, -0.2) is 97.3 Å². The van der Waals surface area contributed by atoms with Crippen molar-refractivity contribution in [2.24, 2.45) is 23.2 Å². The molecule has 0 bridgehead atoms. The number of esters is 3. The standard InChI is InChI=1S/C31H26ClFN4O4.2C27H31BrN2O4/c1-18-13-24(37-17-22(32)16-36-37)14-19(2)27(18)28-26(41-31(40)20-6-8-23(33)9-7-20)15-21(29(28)38)10-12-35-30(39)25-5-3-4-11-34-25;1-15-11-16(2)22(17(3)12-15)23-21(34-26(33)27(4,5)6)13-18(24(23)31)9-10-29-25(32)20-8-7-19(28)14-30-20;1-5-6-7-23(31)34-22-14-19(10-11-29-27(33)21-9-8-20(28)15-30-21)26(32)25(22)24-17(3)12-16(2)13-18(24)4/h3-9,11,13-14,16-17,21H,10,12,15H2,1-2H3,(H,35,39);7-8,11-12,14,18H,9-10,13H2,1-6H3,(H,29,32);8-9,12-13,15,19H,5-7,10-11,14H2,1-4H3,(H,29,33). The van der Waals surface area contributed by atoms with Crippen LogP contribution in [0.1, 0.15) is 189 Å². The number of nitrogens with one attached hydrogen (secondary N) is 3. The first-order valence-electron chi connectivity index (χ1n) is 36.0. The number of amides is 3. The summed E-state index contributed by atoms with van der Waals surface area (Å²) in [6, 6.07) is 28.7. The number of hydrogen-bond donors (Lipinski definition) is 3. The van der Waals surface area contributed by atoms with E-state index in [0.717, 1.165) is 83.1 Å². The minimum atomic E-state index is -0.692. The van der Waals surface area contributed by atoms with E-state index in [4.69, 9.17) is 25.8 Å². The van der Waals surface area contributed by atoms with Gasteiger partial charge in [-0.25, -0.2) is 23.8 Å². The highest BCUT2D eigenvalue weighted by atomic mass is 79.9. The summed E-state index contributed by atoms with van der Waals surface area (Å²) in [6.45, 7) is 23.9. The molecule has 0 fully saturated rings. The van der Waals surface area contributed by atoms with Crippen LogP contribution in [0.15, 0.2) is 160 Å². The van der Waals surface area contributed by atoms with Crippen LogP contribution in [0.3, 0.4) is 0 Å². The molecule has 568 valence electrons. The predicted octanol–water partition coefficient (Wildman–Crippen LogP) is 16.8. The van der Waals surface area contributed by atoms with Crippen molar-refractivity contribution in [3.8, 4) is 5.69 Å². The van der Waals surface area contributed by atoms with E-state index < -0.39 is 23.1 Å². The van der Waals surface area contributed by atoms with E-state index in [1.165, 1.54) is 36.7 Å². The van der Waals surface area contributed by atoms with Crippen molar-refractivity contribution in [3.63, 3.8) is 0 Å². The van der Waals surface area contributed by atoms with E-state index in [0.29, 0.717) is 102 Å². The highest BCUT2D eigenvalue weighted by molar-refractivity contribution is 9.10. The minimum Gasteiger partial charge on any atom is -0.430 e. The van der Waals surface area contributed by atoms with Crippen molar-refractivity contribution < 1.29 is 61.8 Å². The number of allylic oxidation sites excluding steroid dienone is 6. The quantitative estimate of drug-likeness (QED) is 0.0396. The number of halogens is 4. The molecule has 11 rings (SSSR count). The van der Waals surface area contributed by atoms with E-state index >= 15 is 0 Å². The summed E-state index contributed by atoms with van der Waals surface area (Å²) in [5, 5.41) is 13.2. The van der Waals surface area contributed by atoms with Crippen molar-refractivity contribution in [3.05, 3.63) is 255 Å². The van der Waals surface area contributed by atoms with E-state index in [1.807, 2.05) is 98.7 Å². The summed E-state index contributed by atoms with van der Waals surface area (Å²) in [4.78, 5) is 128. The van der Waals surface area contributed by atoms with Gasteiger partial charge in [0.2, 0.25) is 0 Å². The molecule has 0 saturated heterocycles. The van der Waals surface area contributed by atoms with Crippen LogP contribution in [0, 0.1) is 84.4 Å². The Morgan fingerprint density at radius 3 is 1.33 bits per heavy atom. The molecule has 3 N–H and O–H groups in total. The number of hydrogen-bond acceptors (Lipinski definition) is 16. The number of Topliss-reactive ketones (excluding diaryl/α,β-unsaturated/α-hetero) is 3. The fraction of sp³-hybridized carbons (Fsp3) is 0.329. The van der Waals surface area contributed by atoms with Crippen molar-refractivity contribution in [1.29, 1.82) is 0 Å². The molecule has 24 heteroatoms.